The van der Waals surface area contributed by atoms with Crippen molar-refractivity contribution in [3.8, 4) is 11.3 Å². The maximum absolute atomic E-state index is 4.99. The first-order chi connectivity index (χ1) is 14.2. The van der Waals surface area contributed by atoms with Crippen LogP contribution < -0.4 is 0 Å². The molecule has 0 saturated carbocycles. The average Bonchev–Trinajstić information content (AvgIpc) is 3.20. The summed E-state index contributed by atoms with van der Waals surface area (Å²) in [4.78, 5) is 13.8. The van der Waals surface area contributed by atoms with E-state index in [2.05, 4.69) is 72.3 Å². The third kappa shape index (κ3) is 2.27. The lowest BCUT2D eigenvalue weighted by Gasteiger charge is -2.11. The number of fused-ring (bicyclic) bond motifs is 7. The topological polar surface area (TPSA) is 56.0 Å². The van der Waals surface area contributed by atoms with E-state index < -0.39 is 0 Å². The van der Waals surface area contributed by atoms with E-state index in [4.69, 9.17) is 10.1 Å². The number of hydrogen-bond acceptors (Lipinski definition) is 4. The third-order valence-electron chi connectivity index (χ3n) is 5.56. The summed E-state index contributed by atoms with van der Waals surface area (Å²) in [6.07, 6.45) is 3.40. The molecule has 6 rings (SSSR count). The van der Waals surface area contributed by atoms with E-state index in [1.807, 2.05) is 10.6 Å². The fourth-order valence-corrected chi connectivity index (χ4v) is 4.09. The van der Waals surface area contributed by atoms with Crippen LogP contribution in [-0.4, -0.2) is 24.6 Å². The van der Waals surface area contributed by atoms with Gasteiger partial charge in [0, 0.05) is 34.3 Å². The van der Waals surface area contributed by atoms with Gasteiger partial charge in [0.1, 0.15) is 5.52 Å². The van der Waals surface area contributed by atoms with Crippen LogP contribution in [0, 0.1) is 13.8 Å². The summed E-state index contributed by atoms with van der Waals surface area (Å²) in [7, 11) is 0. The zero-order valence-corrected chi connectivity index (χ0v) is 16.1. The molecule has 138 valence electrons. The minimum absolute atomic E-state index is 0.660. The van der Waals surface area contributed by atoms with Gasteiger partial charge in [-0.1, -0.05) is 54.1 Å². The third-order valence-corrected chi connectivity index (χ3v) is 5.56. The molecule has 0 radical (unpaired) electrons. The Morgan fingerprint density at radius 1 is 0.793 bits per heavy atom. The van der Waals surface area contributed by atoms with Gasteiger partial charge < -0.3 is 0 Å². The Labute approximate surface area is 166 Å². The van der Waals surface area contributed by atoms with Crippen molar-refractivity contribution in [3.63, 3.8) is 0 Å². The quantitative estimate of drug-likeness (QED) is 0.290. The van der Waals surface area contributed by atoms with Crippen molar-refractivity contribution >= 4 is 38.5 Å². The molecule has 0 aliphatic carbocycles. The van der Waals surface area contributed by atoms with Gasteiger partial charge in [-0.15, -0.1) is 0 Å². The van der Waals surface area contributed by atoms with Crippen molar-refractivity contribution in [2.45, 2.75) is 13.8 Å². The molecule has 0 atom stereocenters. The maximum atomic E-state index is 4.99. The molecule has 0 aliphatic rings. The predicted molar refractivity (Wildman–Crippen MR) is 116 cm³/mol. The molecule has 0 amide bonds. The highest BCUT2D eigenvalue weighted by Crippen LogP contribution is 2.34. The van der Waals surface area contributed by atoms with E-state index in [1.165, 1.54) is 5.56 Å². The first-order valence-corrected chi connectivity index (χ1v) is 9.59. The van der Waals surface area contributed by atoms with Crippen LogP contribution in [0.25, 0.3) is 49.7 Å². The number of pyridine rings is 2. The SMILES string of the molecule is Cc1ccc(-c2cc3c4ccccc4c4nc5nccnc5c(C)c4n3n2)cc1. The van der Waals surface area contributed by atoms with Crippen LogP contribution >= 0.6 is 0 Å². The van der Waals surface area contributed by atoms with Crippen LogP contribution in [0.1, 0.15) is 11.1 Å². The van der Waals surface area contributed by atoms with E-state index in [0.29, 0.717) is 5.65 Å². The highest BCUT2D eigenvalue weighted by Gasteiger charge is 2.17. The van der Waals surface area contributed by atoms with Gasteiger partial charge in [-0.05, 0) is 19.9 Å². The number of nitrogens with zero attached hydrogens (tertiary/aromatic N) is 5. The summed E-state index contributed by atoms with van der Waals surface area (Å²) in [6, 6.07) is 19.0. The Hall–Kier alpha value is -3.86. The first kappa shape index (κ1) is 16.1. The van der Waals surface area contributed by atoms with Gasteiger partial charge in [-0.2, -0.15) is 5.10 Å². The van der Waals surface area contributed by atoms with Crippen LogP contribution in [0.2, 0.25) is 0 Å². The van der Waals surface area contributed by atoms with Gasteiger partial charge in [0.25, 0.3) is 0 Å². The highest BCUT2D eigenvalue weighted by atomic mass is 15.2. The van der Waals surface area contributed by atoms with Gasteiger partial charge >= 0.3 is 0 Å². The van der Waals surface area contributed by atoms with E-state index in [-0.39, 0.29) is 0 Å². The lowest BCUT2D eigenvalue weighted by Crippen LogP contribution is -2.00. The maximum Gasteiger partial charge on any atom is 0.179 e. The van der Waals surface area contributed by atoms with Crippen LogP contribution in [0.15, 0.2) is 67.0 Å². The van der Waals surface area contributed by atoms with Crippen molar-refractivity contribution < 1.29 is 0 Å². The molecule has 5 nitrogen and oxygen atoms in total. The summed E-state index contributed by atoms with van der Waals surface area (Å²) < 4.78 is 2.02. The standard InChI is InChI=1S/C24H17N5/c1-14-7-9-16(10-8-14)19-13-20-17-5-3-4-6-18(17)22-23(29(20)28-19)15(2)21-24(27-22)26-12-11-25-21/h3-13H,1-2H3. The molecule has 5 heteroatoms. The molecule has 0 unspecified atom stereocenters. The van der Waals surface area contributed by atoms with Crippen LogP contribution in [0.3, 0.4) is 0 Å². The lowest BCUT2D eigenvalue weighted by molar-refractivity contribution is 1.00. The van der Waals surface area contributed by atoms with E-state index in [9.17, 15) is 0 Å². The van der Waals surface area contributed by atoms with Crippen LogP contribution in [-0.2, 0) is 0 Å². The molecular formula is C24H17N5. The zero-order valence-electron chi connectivity index (χ0n) is 16.1. The predicted octanol–water partition coefficient (Wildman–Crippen LogP) is 5.26. The van der Waals surface area contributed by atoms with E-state index in [1.54, 1.807) is 12.4 Å². The molecule has 0 spiro atoms. The van der Waals surface area contributed by atoms with Crippen molar-refractivity contribution in [1.29, 1.82) is 0 Å². The summed E-state index contributed by atoms with van der Waals surface area (Å²) in [5, 5.41) is 7.21. The molecule has 4 heterocycles. The number of aromatic nitrogens is 5. The molecular weight excluding hydrogens is 358 g/mol. The van der Waals surface area contributed by atoms with Gasteiger partial charge in [0.2, 0.25) is 0 Å². The monoisotopic (exact) mass is 375 g/mol. The Morgan fingerprint density at radius 2 is 1.55 bits per heavy atom. The minimum atomic E-state index is 0.660. The van der Waals surface area contributed by atoms with Crippen molar-refractivity contribution in [2.75, 3.05) is 0 Å². The van der Waals surface area contributed by atoms with Gasteiger partial charge in [-0.3, -0.25) is 4.98 Å². The zero-order chi connectivity index (χ0) is 19.5. The molecule has 0 aliphatic heterocycles. The van der Waals surface area contributed by atoms with Gasteiger partial charge in [-0.25, -0.2) is 14.5 Å². The number of aryl methyl sites for hydroxylation is 2. The molecule has 0 N–H and O–H groups in total. The van der Waals surface area contributed by atoms with Gasteiger partial charge in [0.05, 0.1) is 22.2 Å². The fourth-order valence-electron chi connectivity index (χ4n) is 4.09. The summed E-state index contributed by atoms with van der Waals surface area (Å²) in [5.74, 6) is 0. The largest absolute Gasteiger partial charge is 0.251 e. The summed E-state index contributed by atoms with van der Waals surface area (Å²) >= 11 is 0. The molecule has 2 aromatic carbocycles. The Morgan fingerprint density at radius 3 is 2.38 bits per heavy atom. The Balaban J connectivity index is 1.83. The first-order valence-electron chi connectivity index (χ1n) is 9.59. The molecule has 0 bridgehead atoms. The second kappa shape index (κ2) is 5.82. The summed E-state index contributed by atoms with van der Waals surface area (Å²) in [6.45, 7) is 4.16. The smallest absolute Gasteiger partial charge is 0.179 e. The van der Waals surface area contributed by atoms with Crippen molar-refractivity contribution in [2.24, 2.45) is 0 Å². The highest BCUT2D eigenvalue weighted by molar-refractivity contribution is 6.13. The number of hydrogen-bond donors (Lipinski definition) is 0. The Bertz CT molecular complexity index is 1560. The van der Waals surface area contributed by atoms with Crippen LogP contribution in [0.5, 0.6) is 0 Å². The van der Waals surface area contributed by atoms with Crippen molar-refractivity contribution in [1.82, 2.24) is 24.6 Å². The molecule has 0 fully saturated rings. The molecule has 4 aromatic heterocycles. The molecule has 6 aromatic rings. The van der Waals surface area contributed by atoms with Gasteiger partial charge in [0.15, 0.2) is 5.65 Å². The summed E-state index contributed by atoms with van der Waals surface area (Å²) in [5.41, 5.74) is 8.73. The van der Waals surface area contributed by atoms with E-state index in [0.717, 1.165) is 49.7 Å². The lowest BCUT2D eigenvalue weighted by atomic mass is 10.1. The minimum Gasteiger partial charge on any atom is -0.251 e. The number of benzene rings is 2. The Kier molecular flexibility index (Phi) is 3.23. The second-order valence-corrected chi connectivity index (χ2v) is 7.40. The normalized spacial score (nSPS) is 11.8. The van der Waals surface area contributed by atoms with Crippen molar-refractivity contribution in [3.05, 3.63) is 78.1 Å². The molecule has 29 heavy (non-hydrogen) atoms. The average molecular weight is 375 g/mol. The van der Waals surface area contributed by atoms with Crippen LogP contribution in [0.4, 0.5) is 0 Å². The second-order valence-electron chi connectivity index (χ2n) is 7.40. The number of rotatable bonds is 1. The molecule has 0 saturated heterocycles. The fraction of sp³-hybridized carbons (Fsp3) is 0.0833. The van der Waals surface area contributed by atoms with E-state index >= 15 is 0 Å².